The van der Waals surface area contributed by atoms with Crippen LogP contribution in [0.15, 0.2) is 4.99 Å². The van der Waals surface area contributed by atoms with Crippen LogP contribution >= 0.6 is 0 Å². The first-order valence-electron chi connectivity index (χ1n) is 12.2. The number of aliphatic hydroxyl groups excluding tert-OH is 3. The Morgan fingerprint density at radius 3 is 1.31 bits per heavy atom. The molecular formula is C24H50N2O6. The van der Waals surface area contributed by atoms with Gasteiger partial charge in [0.15, 0.2) is 0 Å². The van der Waals surface area contributed by atoms with Gasteiger partial charge in [-0.3, -0.25) is 4.79 Å². The molecule has 2 amide bonds. The van der Waals surface area contributed by atoms with Gasteiger partial charge in [0.1, 0.15) is 6.10 Å². The molecule has 8 heteroatoms. The first kappa shape index (κ1) is 35.1. The molecule has 0 aliphatic carbocycles. The number of primary amides is 1. The van der Waals surface area contributed by atoms with Crippen molar-refractivity contribution >= 4 is 18.2 Å². The third-order valence-electron chi connectivity index (χ3n) is 4.67. The van der Waals surface area contributed by atoms with Gasteiger partial charge in [0.25, 0.3) is 0 Å². The van der Waals surface area contributed by atoms with Crippen LogP contribution in [0.2, 0.25) is 0 Å². The number of carbonyl (C=O) groups excluding carboxylic acids is 1. The lowest BCUT2D eigenvalue weighted by molar-refractivity contribution is -0.137. The monoisotopic (exact) mass is 462 g/mol. The molecule has 0 aromatic carbocycles. The number of amides is 2. The summed E-state index contributed by atoms with van der Waals surface area (Å²) in [5.74, 6) is -0.653. The molecule has 0 saturated carbocycles. The van der Waals surface area contributed by atoms with E-state index in [2.05, 4.69) is 17.6 Å². The fourth-order valence-electron chi connectivity index (χ4n) is 2.83. The van der Waals surface area contributed by atoms with Crippen molar-refractivity contribution in [2.24, 2.45) is 10.7 Å². The van der Waals surface area contributed by atoms with Crippen molar-refractivity contribution < 1.29 is 30.0 Å². The van der Waals surface area contributed by atoms with Crippen LogP contribution < -0.4 is 5.73 Å². The van der Waals surface area contributed by atoms with Gasteiger partial charge in [-0.25, -0.2) is 9.79 Å². The minimum Gasteiger partial charge on any atom is -0.481 e. The highest BCUT2D eigenvalue weighted by molar-refractivity contribution is 5.81. The first-order valence-corrected chi connectivity index (χ1v) is 12.2. The fourth-order valence-corrected chi connectivity index (χ4v) is 2.83. The number of rotatable bonds is 18. The molecule has 0 rings (SSSR count). The second kappa shape index (κ2) is 31.7. The number of hydrogen-bond donors (Lipinski definition) is 5. The Morgan fingerprint density at radius 1 is 0.781 bits per heavy atom. The highest BCUT2D eigenvalue weighted by atomic mass is 16.4. The molecule has 0 bridgehead atoms. The summed E-state index contributed by atoms with van der Waals surface area (Å²) in [6.07, 6.45) is 20.6. The Labute approximate surface area is 195 Å². The van der Waals surface area contributed by atoms with E-state index in [1.54, 1.807) is 6.92 Å². The van der Waals surface area contributed by atoms with Gasteiger partial charge in [0.05, 0.1) is 13.2 Å². The quantitative estimate of drug-likeness (QED) is 0.145. The van der Waals surface area contributed by atoms with E-state index < -0.39 is 18.1 Å². The Kier molecular flexibility index (Phi) is 34.7. The molecular weight excluding hydrogens is 412 g/mol. The zero-order valence-electron chi connectivity index (χ0n) is 20.5. The van der Waals surface area contributed by atoms with E-state index in [9.17, 15) is 9.59 Å². The highest BCUT2D eigenvalue weighted by Crippen LogP contribution is 2.13. The van der Waals surface area contributed by atoms with Crippen molar-refractivity contribution in [3.63, 3.8) is 0 Å². The van der Waals surface area contributed by atoms with Gasteiger partial charge in [-0.2, -0.15) is 0 Å². The third kappa shape index (κ3) is 42.6. The lowest BCUT2D eigenvalue weighted by atomic mass is 10.0. The number of carbonyl (C=O) groups is 2. The molecule has 0 aromatic rings. The number of urea groups is 1. The minimum absolute atomic E-state index is 0.345. The van der Waals surface area contributed by atoms with Gasteiger partial charge >= 0.3 is 12.0 Å². The maximum absolute atomic E-state index is 10.3. The number of carboxylic acid groups (broad SMARTS) is 1. The van der Waals surface area contributed by atoms with Gasteiger partial charge in [-0.1, -0.05) is 96.8 Å². The Bertz CT molecular complexity index is 415. The number of unbranched alkanes of at least 4 members (excludes halogenated alkanes) is 14. The van der Waals surface area contributed by atoms with E-state index in [1.807, 2.05) is 0 Å². The van der Waals surface area contributed by atoms with Crippen LogP contribution in [0.25, 0.3) is 0 Å². The van der Waals surface area contributed by atoms with Crippen LogP contribution in [0.4, 0.5) is 4.79 Å². The molecule has 0 saturated heterocycles. The van der Waals surface area contributed by atoms with Crippen molar-refractivity contribution in [1.82, 2.24) is 0 Å². The lowest BCUT2D eigenvalue weighted by Crippen LogP contribution is -2.15. The Hall–Kier alpha value is -1.51. The SMILES string of the molecule is CC=NC(N)=O.CCCCCCCCCCCCCCCCCC(=O)O.OCC(O)CO. The normalized spacial score (nSPS) is 10.4. The van der Waals surface area contributed by atoms with Crippen LogP contribution in [0.1, 0.15) is 117 Å². The van der Waals surface area contributed by atoms with Crippen molar-refractivity contribution in [2.45, 2.75) is 123 Å². The van der Waals surface area contributed by atoms with E-state index >= 15 is 0 Å². The van der Waals surface area contributed by atoms with Crippen molar-refractivity contribution in [2.75, 3.05) is 13.2 Å². The van der Waals surface area contributed by atoms with Crippen LogP contribution in [-0.2, 0) is 4.79 Å². The minimum atomic E-state index is -0.954. The summed E-state index contributed by atoms with van der Waals surface area (Å²) in [7, 11) is 0. The average molecular weight is 463 g/mol. The summed E-state index contributed by atoms with van der Waals surface area (Å²) in [4.78, 5) is 23.1. The molecule has 0 fully saturated rings. The molecule has 32 heavy (non-hydrogen) atoms. The maximum Gasteiger partial charge on any atom is 0.337 e. The van der Waals surface area contributed by atoms with Crippen LogP contribution in [0.5, 0.6) is 0 Å². The van der Waals surface area contributed by atoms with Gasteiger partial charge in [0, 0.05) is 12.6 Å². The number of hydrogen-bond acceptors (Lipinski definition) is 5. The van der Waals surface area contributed by atoms with Crippen molar-refractivity contribution in [3.8, 4) is 0 Å². The zero-order valence-corrected chi connectivity index (χ0v) is 20.5. The Morgan fingerprint density at radius 2 is 1.12 bits per heavy atom. The average Bonchev–Trinajstić information content (AvgIpc) is 2.76. The molecule has 0 heterocycles. The zero-order chi connectivity index (χ0) is 24.9. The smallest absolute Gasteiger partial charge is 0.337 e. The van der Waals surface area contributed by atoms with E-state index in [1.165, 1.54) is 89.7 Å². The number of carboxylic acids is 1. The number of aliphatic imine (C=N–C) groups is 1. The summed E-state index contributed by atoms with van der Waals surface area (Å²) in [5.41, 5.74) is 4.57. The van der Waals surface area contributed by atoms with E-state index in [0.29, 0.717) is 6.42 Å². The number of nitrogens with two attached hydrogens (primary N) is 1. The van der Waals surface area contributed by atoms with Crippen LogP contribution in [0, 0.1) is 0 Å². The molecule has 0 radical (unpaired) electrons. The summed E-state index contributed by atoms with van der Waals surface area (Å²) < 4.78 is 0. The molecule has 0 spiro atoms. The number of aliphatic hydroxyl groups is 3. The van der Waals surface area contributed by atoms with Gasteiger partial charge < -0.3 is 26.2 Å². The molecule has 6 N–H and O–H groups in total. The first-order chi connectivity index (χ1) is 15.3. The molecule has 192 valence electrons. The predicted molar refractivity (Wildman–Crippen MR) is 131 cm³/mol. The molecule has 0 atom stereocenters. The largest absolute Gasteiger partial charge is 0.481 e. The second-order valence-electron chi connectivity index (χ2n) is 7.84. The van der Waals surface area contributed by atoms with E-state index in [0.717, 1.165) is 12.8 Å². The maximum atomic E-state index is 10.3. The topological polar surface area (TPSA) is 153 Å². The van der Waals surface area contributed by atoms with Crippen molar-refractivity contribution in [1.29, 1.82) is 0 Å². The predicted octanol–water partition coefficient (Wildman–Crippen LogP) is 4.82. The summed E-state index contributed by atoms with van der Waals surface area (Å²) in [5, 5.41) is 32.5. The van der Waals surface area contributed by atoms with E-state index in [-0.39, 0.29) is 13.2 Å². The van der Waals surface area contributed by atoms with Gasteiger partial charge in [-0.05, 0) is 13.3 Å². The molecule has 0 aromatic heterocycles. The Balaban J connectivity index is -0.000000571. The van der Waals surface area contributed by atoms with Crippen LogP contribution in [-0.4, -0.2) is 58.0 Å². The third-order valence-corrected chi connectivity index (χ3v) is 4.67. The summed E-state index contributed by atoms with van der Waals surface area (Å²) >= 11 is 0. The number of aliphatic carboxylic acids is 1. The fraction of sp³-hybridized carbons (Fsp3) is 0.875. The lowest BCUT2D eigenvalue weighted by Gasteiger charge is -2.03. The molecule has 0 aliphatic rings. The van der Waals surface area contributed by atoms with Crippen molar-refractivity contribution in [3.05, 3.63) is 0 Å². The highest BCUT2D eigenvalue weighted by Gasteiger charge is 1.97. The molecule has 8 nitrogen and oxygen atoms in total. The molecule has 0 unspecified atom stereocenters. The summed E-state index contributed by atoms with van der Waals surface area (Å²) in [6.45, 7) is 3.17. The van der Waals surface area contributed by atoms with Crippen LogP contribution in [0.3, 0.4) is 0 Å². The second-order valence-corrected chi connectivity index (χ2v) is 7.84. The van der Waals surface area contributed by atoms with E-state index in [4.69, 9.17) is 20.4 Å². The van der Waals surface area contributed by atoms with Gasteiger partial charge in [0.2, 0.25) is 0 Å². The standard InChI is InChI=1S/C18H36O2.C3H6N2O.C3H8O3/c1-2-3-4-5-6-7-8-9-10-11-12-13-14-15-16-17-18(19)20;1-2-5-3(4)6;4-1-3(6)2-5/h2-17H2,1H3,(H,19,20);2H,1H3,(H2,4,6);3-6H,1-2H2. The number of nitrogens with zero attached hydrogens (tertiary/aromatic N) is 1. The molecule has 0 aliphatic heterocycles. The summed E-state index contributed by atoms with van der Waals surface area (Å²) in [6, 6.07) is -0.641. The van der Waals surface area contributed by atoms with Gasteiger partial charge in [-0.15, -0.1) is 0 Å².